The van der Waals surface area contributed by atoms with Gasteiger partial charge < -0.3 is 14.8 Å². The molecular weight excluding hydrogens is 276 g/mol. The Morgan fingerprint density at radius 2 is 1.75 bits per heavy atom. The van der Waals surface area contributed by atoms with E-state index < -0.39 is 0 Å². The summed E-state index contributed by atoms with van der Waals surface area (Å²) in [5, 5.41) is 11.6. The predicted molar refractivity (Wildman–Crippen MR) is 81.4 cm³/mol. The Morgan fingerprint density at radius 3 is 2.40 bits per heavy atom. The third kappa shape index (κ3) is 3.03. The average Bonchev–Trinajstić information content (AvgIpc) is 2.47. The summed E-state index contributed by atoms with van der Waals surface area (Å²) in [5.74, 6) is 1.47. The van der Waals surface area contributed by atoms with E-state index in [0.717, 1.165) is 5.69 Å². The van der Waals surface area contributed by atoms with Crippen LogP contribution in [0, 0.1) is 5.41 Å². The van der Waals surface area contributed by atoms with E-state index in [-0.39, 0.29) is 5.84 Å². The topological polar surface area (TPSA) is 54.3 Å². The number of ether oxygens (including phenoxy) is 2. The molecule has 0 radical (unpaired) electrons. The SMILES string of the molecule is COc1ccc(NC(=N)c2ccccc2Cl)cc1OC. The van der Waals surface area contributed by atoms with E-state index in [2.05, 4.69) is 5.32 Å². The van der Waals surface area contributed by atoms with Gasteiger partial charge in [-0.25, -0.2) is 0 Å². The van der Waals surface area contributed by atoms with E-state index in [4.69, 9.17) is 26.5 Å². The fraction of sp³-hybridized carbons (Fsp3) is 0.133. The highest BCUT2D eigenvalue weighted by molar-refractivity contribution is 6.34. The summed E-state index contributed by atoms with van der Waals surface area (Å²) in [7, 11) is 3.15. The molecule has 2 aromatic carbocycles. The van der Waals surface area contributed by atoms with Gasteiger partial charge in [0.2, 0.25) is 0 Å². The molecule has 5 heteroatoms. The van der Waals surface area contributed by atoms with Gasteiger partial charge in [-0.3, -0.25) is 5.41 Å². The monoisotopic (exact) mass is 290 g/mol. The largest absolute Gasteiger partial charge is 0.493 e. The summed E-state index contributed by atoms with van der Waals surface area (Å²) >= 11 is 6.07. The van der Waals surface area contributed by atoms with Crippen LogP contribution in [0.2, 0.25) is 5.02 Å². The van der Waals surface area contributed by atoms with Crippen LogP contribution in [0.4, 0.5) is 5.69 Å². The number of halogens is 1. The summed E-state index contributed by atoms with van der Waals surface area (Å²) < 4.78 is 10.4. The van der Waals surface area contributed by atoms with E-state index in [1.165, 1.54) is 0 Å². The van der Waals surface area contributed by atoms with Crippen LogP contribution in [0.1, 0.15) is 5.56 Å². The smallest absolute Gasteiger partial charge is 0.162 e. The molecular formula is C15H15ClN2O2. The average molecular weight is 291 g/mol. The highest BCUT2D eigenvalue weighted by atomic mass is 35.5. The van der Waals surface area contributed by atoms with Gasteiger partial charge in [-0.05, 0) is 24.3 Å². The maximum Gasteiger partial charge on any atom is 0.162 e. The second-order valence-corrected chi connectivity index (χ2v) is 4.46. The molecule has 20 heavy (non-hydrogen) atoms. The fourth-order valence-electron chi connectivity index (χ4n) is 1.79. The van der Waals surface area contributed by atoms with E-state index in [1.54, 1.807) is 38.5 Å². The quantitative estimate of drug-likeness (QED) is 0.665. The van der Waals surface area contributed by atoms with Crippen molar-refractivity contribution in [1.29, 1.82) is 5.41 Å². The van der Waals surface area contributed by atoms with E-state index in [1.807, 2.05) is 18.2 Å². The van der Waals surface area contributed by atoms with Gasteiger partial charge in [0.05, 0.1) is 19.2 Å². The Morgan fingerprint density at radius 1 is 1.05 bits per heavy atom. The molecule has 2 rings (SSSR count). The lowest BCUT2D eigenvalue weighted by Gasteiger charge is -2.12. The van der Waals surface area contributed by atoms with Gasteiger partial charge >= 0.3 is 0 Å². The summed E-state index contributed by atoms with van der Waals surface area (Å²) in [6.07, 6.45) is 0. The molecule has 0 aliphatic rings. The van der Waals surface area contributed by atoms with Crippen LogP contribution in [-0.2, 0) is 0 Å². The maximum atomic E-state index is 8.07. The zero-order chi connectivity index (χ0) is 14.5. The number of methoxy groups -OCH3 is 2. The third-order valence-electron chi connectivity index (χ3n) is 2.80. The predicted octanol–water partition coefficient (Wildman–Crippen LogP) is 3.79. The highest BCUT2D eigenvalue weighted by Gasteiger charge is 2.08. The second-order valence-electron chi connectivity index (χ2n) is 4.05. The van der Waals surface area contributed by atoms with Crippen molar-refractivity contribution < 1.29 is 9.47 Å². The van der Waals surface area contributed by atoms with Crippen LogP contribution in [0.3, 0.4) is 0 Å². The molecule has 0 atom stereocenters. The summed E-state index contributed by atoms with van der Waals surface area (Å²) in [4.78, 5) is 0. The Labute approximate surface area is 122 Å². The van der Waals surface area contributed by atoms with Crippen molar-refractivity contribution in [1.82, 2.24) is 0 Å². The second kappa shape index (κ2) is 6.30. The first-order valence-electron chi connectivity index (χ1n) is 5.98. The molecule has 0 bridgehead atoms. The third-order valence-corrected chi connectivity index (χ3v) is 3.13. The number of benzene rings is 2. The van der Waals surface area contributed by atoms with Crippen LogP contribution in [0.25, 0.3) is 0 Å². The highest BCUT2D eigenvalue weighted by Crippen LogP contribution is 2.30. The van der Waals surface area contributed by atoms with Crippen molar-refractivity contribution in [3.05, 3.63) is 53.1 Å². The zero-order valence-electron chi connectivity index (χ0n) is 11.2. The molecule has 0 saturated carbocycles. The van der Waals surface area contributed by atoms with Crippen molar-refractivity contribution in [2.45, 2.75) is 0 Å². The van der Waals surface area contributed by atoms with Gasteiger partial charge in [0.25, 0.3) is 0 Å². The van der Waals surface area contributed by atoms with Gasteiger partial charge in [-0.2, -0.15) is 0 Å². The Kier molecular flexibility index (Phi) is 4.48. The number of rotatable bonds is 4. The summed E-state index contributed by atoms with van der Waals surface area (Å²) in [6, 6.07) is 12.6. The van der Waals surface area contributed by atoms with E-state index in [9.17, 15) is 0 Å². The maximum absolute atomic E-state index is 8.07. The minimum atomic E-state index is 0.225. The van der Waals surface area contributed by atoms with Crippen molar-refractivity contribution in [2.75, 3.05) is 19.5 Å². The minimum Gasteiger partial charge on any atom is -0.493 e. The zero-order valence-corrected chi connectivity index (χ0v) is 12.0. The lowest BCUT2D eigenvalue weighted by atomic mass is 10.2. The molecule has 2 N–H and O–H groups in total. The molecule has 0 spiro atoms. The van der Waals surface area contributed by atoms with Crippen LogP contribution in [0.5, 0.6) is 11.5 Å². The first-order valence-corrected chi connectivity index (χ1v) is 6.36. The normalized spacial score (nSPS) is 9.95. The minimum absolute atomic E-state index is 0.225. The number of nitrogens with one attached hydrogen (secondary N) is 2. The first kappa shape index (κ1) is 14.2. The Bertz CT molecular complexity index is 629. The van der Waals surface area contributed by atoms with Gasteiger partial charge in [0.1, 0.15) is 5.84 Å². The molecule has 0 fully saturated rings. The molecule has 0 aliphatic heterocycles. The van der Waals surface area contributed by atoms with E-state index >= 15 is 0 Å². The molecule has 0 amide bonds. The van der Waals surface area contributed by atoms with Crippen molar-refractivity contribution in [3.8, 4) is 11.5 Å². The Balaban J connectivity index is 2.22. The van der Waals surface area contributed by atoms with Gasteiger partial charge in [-0.1, -0.05) is 23.7 Å². The molecule has 0 aliphatic carbocycles. The summed E-state index contributed by atoms with van der Waals surface area (Å²) in [6.45, 7) is 0. The first-order chi connectivity index (χ1) is 9.65. The van der Waals surface area contributed by atoms with Gasteiger partial charge in [0.15, 0.2) is 11.5 Å². The summed E-state index contributed by atoms with van der Waals surface area (Å²) in [5.41, 5.74) is 1.37. The van der Waals surface area contributed by atoms with E-state index in [0.29, 0.717) is 22.1 Å². The number of hydrogen-bond acceptors (Lipinski definition) is 3. The standard InChI is InChI=1S/C15H15ClN2O2/c1-19-13-8-7-10(9-14(13)20-2)18-15(17)11-5-3-4-6-12(11)16/h3-9H,1-2H3,(H2,17,18). The molecule has 0 unspecified atom stereocenters. The molecule has 4 nitrogen and oxygen atoms in total. The molecule has 0 saturated heterocycles. The van der Waals surface area contributed by atoms with Crippen LogP contribution < -0.4 is 14.8 Å². The van der Waals surface area contributed by atoms with Crippen molar-refractivity contribution in [3.63, 3.8) is 0 Å². The van der Waals surface area contributed by atoms with Gasteiger partial charge in [-0.15, -0.1) is 0 Å². The van der Waals surface area contributed by atoms with Crippen molar-refractivity contribution in [2.24, 2.45) is 0 Å². The Hall–Kier alpha value is -2.20. The van der Waals surface area contributed by atoms with Crippen LogP contribution >= 0.6 is 11.6 Å². The van der Waals surface area contributed by atoms with Crippen molar-refractivity contribution >= 4 is 23.1 Å². The van der Waals surface area contributed by atoms with Crippen LogP contribution in [-0.4, -0.2) is 20.1 Å². The molecule has 2 aromatic rings. The van der Waals surface area contributed by atoms with Crippen LogP contribution in [0.15, 0.2) is 42.5 Å². The molecule has 104 valence electrons. The molecule has 0 aromatic heterocycles. The number of amidine groups is 1. The lowest BCUT2D eigenvalue weighted by molar-refractivity contribution is 0.355. The fourth-order valence-corrected chi connectivity index (χ4v) is 2.02. The molecule has 0 heterocycles. The number of hydrogen-bond donors (Lipinski definition) is 2. The number of anilines is 1. The van der Waals surface area contributed by atoms with Gasteiger partial charge in [0, 0.05) is 17.3 Å². The lowest BCUT2D eigenvalue weighted by Crippen LogP contribution is -2.12.